The van der Waals surface area contributed by atoms with E-state index in [9.17, 15) is 9.59 Å². The lowest BCUT2D eigenvalue weighted by Gasteiger charge is -2.13. The first kappa shape index (κ1) is 17.7. The van der Waals surface area contributed by atoms with Gasteiger partial charge in [-0.3, -0.25) is 4.79 Å². The van der Waals surface area contributed by atoms with Gasteiger partial charge in [-0.15, -0.1) is 0 Å². The van der Waals surface area contributed by atoms with E-state index >= 15 is 0 Å². The van der Waals surface area contributed by atoms with Crippen LogP contribution in [0.5, 0.6) is 5.75 Å². The maximum Gasteiger partial charge on any atom is 0.341 e. The third-order valence-corrected chi connectivity index (χ3v) is 4.07. The summed E-state index contributed by atoms with van der Waals surface area (Å²) >= 11 is 0. The van der Waals surface area contributed by atoms with Crippen molar-refractivity contribution in [3.8, 4) is 17.1 Å². The number of ether oxygens (including phenoxy) is 2. The average Bonchev–Trinajstić information content (AvgIpc) is 2.65. The second-order valence-corrected chi connectivity index (χ2v) is 5.72. The van der Waals surface area contributed by atoms with Crippen LogP contribution in [0.1, 0.15) is 29.8 Å². The standard InChI is InChI=1S/C21H20O5/c1-4-24-17-12-7-6-9-14(17)19-13(3)18(22)15-10-8-11-16(20(15)26-19)21(23)25-5-2/h6-12H,4-5H2,1-3H3. The number of esters is 1. The molecule has 0 radical (unpaired) electrons. The Hall–Kier alpha value is -3.08. The molecule has 0 unspecified atom stereocenters. The summed E-state index contributed by atoms with van der Waals surface area (Å²) in [5.74, 6) is 0.492. The summed E-state index contributed by atoms with van der Waals surface area (Å²) in [6.07, 6.45) is 0. The predicted octanol–water partition coefficient (Wildman–Crippen LogP) is 4.34. The van der Waals surface area contributed by atoms with Crippen LogP contribution >= 0.6 is 0 Å². The van der Waals surface area contributed by atoms with Gasteiger partial charge in [-0.1, -0.05) is 18.2 Å². The molecule has 5 nitrogen and oxygen atoms in total. The van der Waals surface area contributed by atoms with Crippen molar-refractivity contribution in [3.63, 3.8) is 0 Å². The van der Waals surface area contributed by atoms with Gasteiger partial charge in [-0.25, -0.2) is 4.79 Å². The summed E-state index contributed by atoms with van der Waals surface area (Å²) in [7, 11) is 0. The van der Waals surface area contributed by atoms with Crippen LogP contribution in [0.25, 0.3) is 22.3 Å². The smallest absolute Gasteiger partial charge is 0.341 e. The van der Waals surface area contributed by atoms with Crippen molar-refractivity contribution in [2.24, 2.45) is 0 Å². The first-order valence-corrected chi connectivity index (χ1v) is 8.54. The van der Waals surface area contributed by atoms with Crippen molar-refractivity contribution in [2.45, 2.75) is 20.8 Å². The number of fused-ring (bicyclic) bond motifs is 1. The van der Waals surface area contributed by atoms with Gasteiger partial charge in [0.15, 0.2) is 11.0 Å². The molecule has 0 N–H and O–H groups in total. The van der Waals surface area contributed by atoms with Crippen LogP contribution in [0.15, 0.2) is 51.7 Å². The van der Waals surface area contributed by atoms with Gasteiger partial charge >= 0.3 is 5.97 Å². The number of benzene rings is 2. The van der Waals surface area contributed by atoms with Crippen molar-refractivity contribution in [1.29, 1.82) is 0 Å². The Kier molecular flexibility index (Phi) is 5.07. The summed E-state index contributed by atoms with van der Waals surface area (Å²) in [6.45, 7) is 6.06. The summed E-state index contributed by atoms with van der Waals surface area (Å²) < 4.78 is 16.8. The number of rotatable bonds is 5. The minimum atomic E-state index is -0.519. The van der Waals surface area contributed by atoms with E-state index in [2.05, 4.69) is 0 Å². The zero-order valence-electron chi connectivity index (χ0n) is 15.0. The van der Waals surface area contributed by atoms with Crippen molar-refractivity contribution in [2.75, 3.05) is 13.2 Å². The number of carbonyl (C=O) groups is 1. The van der Waals surface area contributed by atoms with Crippen molar-refractivity contribution >= 4 is 16.9 Å². The van der Waals surface area contributed by atoms with E-state index in [1.54, 1.807) is 32.0 Å². The van der Waals surface area contributed by atoms with E-state index in [4.69, 9.17) is 13.9 Å². The summed E-state index contributed by atoms with van der Waals surface area (Å²) in [5.41, 5.74) is 1.41. The molecule has 0 spiro atoms. The Morgan fingerprint density at radius 3 is 2.54 bits per heavy atom. The van der Waals surface area contributed by atoms with E-state index in [1.807, 2.05) is 31.2 Å². The second-order valence-electron chi connectivity index (χ2n) is 5.72. The second kappa shape index (κ2) is 7.44. The highest BCUT2D eigenvalue weighted by atomic mass is 16.5. The Balaban J connectivity index is 2.32. The van der Waals surface area contributed by atoms with E-state index in [-0.39, 0.29) is 23.2 Å². The highest BCUT2D eigenvalue weighted by molar-refractivity contribution is 6.02. The molecule has 1 heterocycles. The first-order chi connectivity index (χ1) is 12.6. The van der Waals surface area contributed by atoms with Crippen molar-refractivity contribution in [3.05, 3.63) is 63.8 Å². The topological polar surface area (TPSA) is 65.7 Å². The lowest BCUT2D eigenvalue weighted by Crippen LogP contribution is -2.11. The van der Waals surface area contributed by atoms with Crippen LogP contribution in [0.4, 0.5) is 0 Å². The molecule has 134 valence electrons. The molecule has 0 atom stereocenters. The van der Waals surface area contributed by atoms with Gasteiger partial charge in [0.05, 0.1) is 24.2 Å². The van der Waals surface area contributed by atoms with Gasteiger partial charge in [0.1, 0.15) is 17.1 Å². The predicted molar refractivity (Wildman–Crippen MR) is 99.8 cm³/mol. The normalized spacial score (nSPS) is 10.7. The zero-order valence-corrected chi connectivity index (χ0v) is 15.0. The van der Waals surface area contributed by atoms with Gasteiger partial charge in [-0.2, -0.15) is 0 Å². The fourth-order valence-electron chi connectivity index (χ4n) is 2.87. The summed E-state index contributed by atoms with van der Waals surface area (Å²) in [5, 5.41) is 0.352. The monoisotopic (exact) mass is 352 g/mol. The molecular weight excluding hydrogens is 332 g/mol. The van der Waals surface area contributed by atoms with Crippen molar-refractivity contribution < 1.29 is 18.7 Å². The fraction of sp³-hybridized carbons (Fsp3) is 0.238. The highest BCUT2D eigenvalue weighted by Crippen LogP contribution is 2.33. The molecule has 0 aliphatic heterocycles. The number of hydrogen-bond donors (Lipinski definition) is 0. The first-order valence-electron chi connectivity index (χ1n) is 8.54. The third kappa shape index (κ3) is 3.08. The van der Waals surface area contributed by atoms with Crippen LogP contribution in [0, 0.1) is 6.92 Å². The molecule has 0 fully saturated rings. The quantitative estimate of drug-likeness (QED) is 0.639. The Morgan fingerprint density at radius 2 is 1.81 bits per heavy atom. The minimum Gasteiger partial charge on any atom is -0.493 e. The van der Waals surface area contributed by atoms with E-state index in [1.165, 1.54) is 0 Å². The Labute approximate surface area is 151 Å². The van der Waals surface area contributed by atoms with Gasteiger partial charge in [0, 0.05) is 5.56 Å². The molecular formula is C21H20O5. The maximum absolute atomic E-state index is 12.9. The number of hydrogen-bond acceptors (Lipinski definition) is 5. The molecule has 5 heteroatoms. The minimum absolute atomic E-state index is 0.182. The summed E-state index contributed by atoms with van der Waals surface area (Å²) in [6, 6.07) is 12.2. The van der Waals surface area contributed by atoms with Crippen LogP contribution in [-0.4, -0.2) is 19.2 Å². The van der Waals surface area contributed by atoms with Crippen LogP contribution in [-0.2, 0) is 4.74 Å². The Bertz CT molecular complexity index is 1020. The number of carbonyl (C=O) groups excluding carboxylic acids is 1. The molecule has 3 rings (SSSR count). The SMILES string of the molecule is CCOC(=O)c1cccc2c(=O)c(C)c(-c3ccccc3OCC)oc12. The van der Waals surface area contributed by atoms with Gasteiger partial charge in [0.25, 0.3) is 0 Å². The molecule has 3 aromatic rings. The number of para-hydroxylation sites is 2. The third-order valence-electron chi connectivity index (χ3n) is 4.07. The van der Waals surface area contributed by atoms with E-state index in [0.717, 1.165) is 0 Å². The molecule has 0 saturated heterocycles. The molecule has 0 bridgehead atoms. The lowest BCUT2D eigenvalue weighted by molar-refractivity contribution is 0.0527. The van der Waals surface area contributed by atoms with Gasteiger partial charge < -0.3 is 13.9 Å². The van der Waals surface area contributed by atoms with Gasteiger partial charge in [-0.05, 0) is 45.0 Å². The van der Waals surface area contributed by atoms with Crippen molar-refractivity contribution in [1.82, 2.24) is 0 Å². The molecule has 26 heavy (non-hydrogen) atoms. The molecule has 0 saturated carbocycles. The van der Waals surface area contributed by atoms with Crippen LogP contribution in [0.3, 0.4) is 0 Å². The van der Waals surface area contributed by atoms with Crippen LogP contribution < -0.4 is 10.2 Å². The molecule has 1 aromatic heterocycles. The largest absolute Gasteiger partial charge is 0.493 e. The highest BCUT2D eigenvalue weighted by Gasteiger charge is 2.20. The zero-order chi connectivity index (χ0) is 18.7. The van der Waals surface area contributed by atoms with E-state index < -0.39 is 5.97 Å². The van der Waals surface area contributed by atoms with Crippen LogP contribution in [0.2, 0.25) is 0 Å². The van der Waals surface area contributed by atoms with Gasteiger partial charge in [0.2, 0.25) is 0 Å². The molecule has 0 amide bonds. The maximum atomic E-state index is 12.9. The average molecular weight is 352 g/mol. The fourth-order valence-corrected chi connectivity index (χ4v) is 2.87. The lowest BCUT2D eigenvalue weighted by atomic mass is 10.0. The van der Waals surface area contributed by atoms with E-state index in [0.29, 0.717) is 34.6 Å². The molecule has 0 aliphatic carbocycles. The summed E-state index contributed by atoms with van der Waals surface area (Å²) in [4.78, 5) is 25.1. The Morgan fingerprint density at radius 1 is 1.04 bits per heavy atom. The molecule has 2 aromatic carbocycles. The molecule has 0 aliphatic rings.